The Morgan fingerprint density at radius 2 is 0.929 bits per heavy atom. The van der Waals surface area contributed by atoms with Gasteiger partial charge in [-0.3, -0.25) is 0 Å². The summed E-state index contributed by atoms with van der Waals surface area (Å²) in [6, 6.07) is 0. The van der Waals surface area contributed by atoms with Crippen LogP contribution in [0.25, 0.3) is 0 Å². The van der Waals surface area contributed by atoms with Crippen molar-refractivity contribution in [1.82, 2.24) is 9.80 Å². The quantitative estimate of drug-likeness (QED) is 0.192. The van der Waals surface area contributed by atoms with Crippen molar-refractivity contribution in [2.75, 3.05) is 13.1 Å². The van der Waals surface area contributed by atoms with Crippen LogP contribution in [-0.4, -0.2) is 29.1 Å². The van der Waals surface area contributed by atoms with E-state index in [1.807, 2.05) is 0 Å². The second kappa shape index (κ2) is 18.4. The number of rotatable bonds is 20. The van der Waals surface area contributed by atoms with Crippen molar-refractivity contribution in [3.05, 3.63) is 12.4 Å². The highest BCUT2D eigenvalue weighted by Crippen LogP contribution is 2.22. The van der Waals surface area contributed by atoms with E-state index in [1.54, 1.807) is 0 Å². The van der Waals surface area contributed by atoms with Crippen LogP contribution in [0.15, 0.2) is 12.4 Å². The lowest BCUT2D eigenvalue weighted by molar-refractivity contribution is 0.142. The molecule has 0 radical (unpaired) electrons. The van der Waals surface area contributed by atoms with Crippen molar-refractivity contribution in [1.29, 1.82) is 0 Å². The highest BCUT2D eigenvalue weighted by molar-refractivity contribution is 4.96. The van der Waals surface area contributed by atoms with Gasteiger partial charge in [0.2, 0.25) is 0 Å². The molecule has 0 aromatic rings. The molecule has 1 heterocycles. The first kappa shape index (κ1) is 25.4. The van der Waals surface area contributed by atoms with Gasteiger partial charge >= 0.3 is 0 Å². The molecule has 0 N–H and O–H groups in total. The van der Waals surface area contributed by atoms with Gasteiger partial charge in [0.1, 0.15) is 6.17 Å². The van der Waals surface area contributed by atoms with Crippen LogP contribution in [0.2, 0.25) is 0 Å². The molecular formula is C26H52N2. The van der Waals surface area contributed by atoms with Crippen molar-refractivity contribution >= 4 is 0 Å². The maximum absolute atomic E-state index is 2.60. The largest absolute Gasteiger partial charge is 0.356 e. The van der Waals surface area contributed by atoms with Crippen LogP contribution >= 0.6 is 0 Å². The van der Waals surface area contributed by atoms with Gasteiger partial charge in [0, 0.05) is 25.5 Å². The lowest BCUT2D eigenvalue weighted by Gasteiger charge is -2.32. The van der Waals surface area contributed by atoms with Gasteiger partial charge in [0.25, 0.3) is 0 Å². The minimum Gasteiger partial charge on any atom is -0.356 e. The molecule has 0 amide bonds. The zero-order chi connectivity index (χ0) is 20.3. The second-order valence-corrected chi connectivity index (χ2v) is 8.94. The summed E-state index contributed by atoms with van der Waals surface area (Å²) in [5, 5.41) is 0. The van der Waals surface area contributed by atoms with E-state index in [1.165, 1.54) is 122 Å². The Hall–Kier alpha value is -0.660. The van der Waals surface area contributed by atoms with Gasteiger partial charge in [-0.25, -0.2) is 0 Å². The van der Waals surface area contributed by atoms with E-state index >= 15 is 0 Å². The van der Waals surface area contributed by atoms with E-state index in [9.17, 15) is 0 Å². The van der Waals surface area contributed by atoms with Gasteiger partial charge < -0.3 is 9.80 Å². The first-order valence-corrected chi connectivity index (χ1v) is 13.0. The Labute approximate surface area is 178 Å². The average Bonchev–Trinajstić information content (AvgIpc) is 3.10. The lowest BCUT2D eigenvalue weighted by Crippen LogP contribution is -2.38. The predicted molar refractivity (Wildman–Crippen MR) is 126 cm³/mol. The highest BCUT2D eigenvalue weighted by Gasteiger charge is 2.23. The van der Waals surface area contributed by atoms with Crippen LogP contribution in [0.3, 0.4) is 0 Å². The molecule has 2 heteroatoms. The number of hydrogen-bond donors (Lipinski definition) is 0. The van der Waals surface area contributed by atoms with Crippen molar-refractivity contribution in [3.8, 4) is 0 Å². The fraction of sp³-hybridized carbons (Fsp3) is 0.923. The van der Waals surface area contributed by atoms with Crippen LogP contribution in [-0.2, 0) is 0 Å². The number of nitrogens with zero attached hydrogens (tertiary/aromatic N) is 2. The van der Waals surface area contributed by atoms with Crippen molar-refractivity contribution in [2.24, 2.45) is 0 Å². The van der Waals surface area contributed by atoms with Crippen molar-refractivity contribution in [3.63, 3.8) is 0 Å². The molecule has 0 aliphatic carbocycles. The summed E-state index contributed by atoms with van der Waals surface area (Å²) < 4.78 is 0. The predicted octanol–water partition coefficient (Wildman–Crippen LogP) is 8.48. The summed E-state index contributed by atoms with van der Waals surface area (Å²) in [6.07, 6.45) is 30.9. The van der Waals surface area contributed by atoms with Crippen LogP contribution in [0.5, 0.6) is 0 Å². The summed E-state index contributed by atoms with van der Waals surface area (Å²) in [5.41, 5.74) is 0. The maximum Gasteiger partial charge on any atom is 0.101 e. The fourth-order valence-electron chi connectivity index (χ4n) is 4.50. The van der Waals surface area contributed by atoms with Crippen LogP contribution in [0.1, 0.15) is 136 Å². The van der Waals surface area contributed by atoms with Gasteiger partial charge in [0.05, 0.1) is 0 Å². The maximum atomic E-state index is 2.60. The van der Waals surface area contributed by atoms with Gasteiger partial charge in [-0.1, -0.05) is 110 Å². The smallest absolute Gasteiger partial charge is 0.101 e. The first-order chi connectivity index (χ1) is 13.8. The molecule has 1 atom stereocenters. The number of hydrogen-bond acceptors (Lipinski definition) is 2. The SMILES string of the molecule is CCCCCCCCCCCCCCCCC1N(CC)C=CN1CCCCC. The molecule has 0 bridgehead atoms. The Morgan fingerprint density at radius 1 is 0.500 bits per heavy atom. The van der Waals surface area contributed by atoms with Crippen LogP contribution in [0, 0.1) is 0 Å². The monoisotopic (exact) mass is 392 g/mol. The Bertz CT molecular complexity index is 352. The summed E-state index contributed by atoms with van der Waals surface area (Å²) in [4.78, 5) is 5.13. The molecular weight excluding hydrogens is 340 g/mol. The average molecular weight is 393 g/mol. The van der Waals surface area contributed by atoms with Gasteiger partial charge in [-0.05, 0) is 26.2 Å². The molecule has 1 aliphatic heterocycles. The Kier molecular flexibility index (Phi) is 16.7. The standard InChI is InChI=1S/C26H52N2/c1-4-7-9-10-11-12-13-14-15-16-17-18-19-20-22-26-27(6-3)24-25-28(26)23-21-8-5-2/h24-26H,4-23H2,1-3H3. The van der Waals surface area contributed by atoms with Gasteiger partial charge in [-0.2, -0.15) is 0 Å². The summed E-state index contributed by atoms with van der Waals surface area (Å²) >= 11 is 0. The van der Waals surface area contributed by atoms with Gasteiger partial charge in [-0.15, -0.1) is 0 Å². The van der Waals surface area contributed by atoms with E-state index in [2.05, 4.69) is 43.0 Å². The highest BCUT2D eigenvalue weighted by atomic mass is 15.4. The van der Waals surface area contributed by atoms with Crippen LogP contribution in [0.4, 0.5) is 0 Å². The minimum atomic E-state index is 0.638. The third-order valence-corrected chi connectivity index (χ3v) is 6.42. The van der Waals surface area contributed by atoms with E-state index < -0.39 is 0 Å². The molecule has 1 rings (SSSR count). The van der Waals surface area contributed by atoms with Crippen LogP contribution < -0.4 is 0 Å². The summed E-state index contributed by atoms with van der Waals surface area (Å²) in [7, 11) is 0. The normalized spacial score (nSPS) is 16.5. The van der Waals surface area contributed by atoms with E-state index in [0.717, 1.165) is 6.54 Å². The van der Waals surface area contributed by atoms with E-state index in [-0.39, 0.29) is 0 Å². The molecule has 1 unspecified atom stereocenters. The first-order valence-electron chi connectivity index (χ1n) is 13.0. The Balaban J connectivity index is 1.94. The van der Waals surface area contributed by atoms with E-state index in [4.69, 9.17) is 0 Å². The topological polar surface area (TPSA) is 6.48 Å². The molecule has 0 saturated heterocycles. The summed E-state index contributed by atoms with van der Waals surface area (Å²) in [6.45, 7) is 9.27. The fourth-order valence-corrected chi connectivity index (χ4v) is 4.50. The zero-order valence-electron chi connectivity index (χ0n) is 19.8. The van der Waals surface area contributed by atoms with Crippen molar-refractivity contribution < 1.29 is 0 Å². The molecule has 0 spiro atoms. The molecule has 0 aromatic heterocycles. The molecule has 28 heavy (non-hydrogen) atoms. The molecule has 1 aliphatic rings. The third kappa shape index (κ3) is 12.0. The van der Waals surface area contributed by atoms with Gasteiger partial charge in [0.15, 0.2) is 0 Å². The molecule has 0 fully saturated rings. The molecule has 0 aromatic carbocycles. The second-order valence-electron chi connectivity index (χ2n) is 8.94. The molecule has 2 nitrogen and oxygen atoms in total. The zero-order valence-corrected chi connectivity index (χ0v) is 19.8. The lowest BCUT2D eigenvalue weighted by atomic mass is 10.0. The third-order valence-electron chi connectivity index (χ3n) is 6.42. The molecule has 166 valence electrons. The van der Waals surface area contributed by atoms with Crippen molar-refractivity contribution in [2.45, 2.75) is 143 Å². The molecule has 0 saturated carbocycles. The Morgan fingerprint density at radius 3 is 1.43 bits per heavy atom. The summed E-state index contributed by atoms with van der Waals surface area (Å²) in [5.74, 6) is 0. The minimum absolute atomic E-state index is 0.638. The van der Waals surface area contributed by atoms with E-state index in [0.29, 0.717) is 6.17 Å². The number of unbranched alkanes of at least 4 members (excludes halogenated alkanes) is 15.